The van der Waals surface area contributed by atoms with Crippen LogP contribution < -0.4 is 10.6 Å². The van der Waals surface area contributed by atoms with Gasteiger partial charge in [0.15, 0.2) is 0 Å². The largest absolute Gasteiger partial charge is 0.451 e. The maximum atomic E-state index is 12.8. The Morgan fingerprint density at radius 3 is 2.38 bits per heavy atom. The minimum atomic E-state index is -4.59. The second kappa shape index (κ2) is 5.98. The van der Waals surface area contributed by atoms with Gasteiger partial charge in [-0.05, 0) is 13.0 Å². The molecule has 0 unspecified atom stereocenters. The van der Waals surface area contributed by atoms with Crippen molar-refractivity contribution >= 4 is 11.6 Å². The third-order valence-electron chi connectivity index (χ3n) is 2.56. The van der Waals surface area contributed by atoms with Crippen LogP contribution in [0, 0.1) is 0 Å². The topological polar surface area (TPSA) is 67.7 Å². The second-order valence-corrected chi connectivity index (χ2v) is 4.32. The minimum absolute atomic E-state index is 0.0962. The monoisotopic (exact) mass is 300 g/mol. The highest BCUT2D eigenvalue weighted by atomic mass is 19.4. The van der Waals surface area contributed by atoms with Gasteiger partial charge < -0.3 is 10.6 Å². The number of hydrogen-bond donors (Lipinski definition) is 2. The van der Waals surface area contributed by atoms with E-state index in [1.807, 2.05) is 0 Å². The molecule has 0 bridgehead atoms. The Labute approximate surface area is 119 Å². The number of nitrogens with one attached hydrogen (secondary N) is 2. The lowest BCUT2D eigenvalue weighted by molar-refractivity contribution is -0.144. The molecule has 2 rings (SSSR count). The highest BCUT2D eigenvalue weighted by Crippen LogP contribution is 2.28. The SMILES string of the molecule is CCNc1cc(NCc2ccn(C)n2)nc(C(F)(F)F)n1. The average Bonchev–Trinajstić information content (AvgIpc) is 2.81. The van der Waals surface area contributed by atoms with Crippen LogP contribution in [0.2, 0.25) is 0 Å². The summed E-state index contributed by atoms with van der Waals surface area (Å²) < 4.78 is 39.9. The predicted molar refractivity (Wildman–Crippen MR) is 71.7 cm³/mol. The lowest BCUT2D eigenvalue weighted by atomic mass is 10.4. The number of halogens is 3. The van der Waals surface area contributed by atoms with Crippen LogP contribution in [-0.2, 0) is 19.8 Å². The van der Waals surface area contributed by atoms with Crippen molar-refractivity contribution in [2.45, 2.75) is 19.6 Å². The summed E-state index contributed by atoms with van der Waals surface area (Å²) in [5.41, 5.74) is 0.703. The van der Waals surface area contributed by atoms with Crippen molar-refractivity contribution in [2.75, 3.05) is 17.2 Å². The fraction of sp³-hybridized carbons (Fsp3) is 0.417. The maximum absolute atomic E-state index is 12.8. The van der Waals surface area contributed by atoms with Gasteiger partial charge in [-0.15, -0.1) is 0 Å². The van der Waals surface area contributed by atoms with Crippen LogP contribution in [0.25, 0.3) is 0 Å². The zero-order valence-electron chi connectivity index (χ0n) is 11.6. The van der Waals surface area contributed by atoms with Gasteiger partial charge in [0.1, 0.15) is 11.6 Å². The van der Waals surface area contributed by atoms with Crippen LogP contribution in [-0.4, -0.2) is 26.3 Å². The van der Waals surface area contributed by atoms with Gasteiger partial charge in [-0.2, -0.15) is 18.3 Å². The Bertz CT molecular complexity index is 607. The smallest absolute Gasteiger partial charge is 0.370 e. The van der Waals surface area contributed by atoms with Gasteiger partial charge in [0.25, 0.3) is 0 Å². The predicted octanol–water partition coefficient (Wildman–Crippen LogP) is 2.27. The summed E-state index contributed by atoms with van der Waals surface area (Å²) >= 11 is 0. The highest BCUT2D eigenvalue weighted by molar-refractivity contribution is 5.48. The Balaban J connectivity index is 2.19. The van der Waals surface area contributed by atoms with Gasteiger partial charge in [-0.3, -0.25) is 4.68 Å². The second-order valence-electron chi connectivity index (χ2n) is 4.32. The van der Waals surface area contributed by atoms with E-state index in [4.69, 9.17) is 0 Å². The molecule has 114 valence electrons. The molecule has 0 aliphatic rings. The number of alkyl halides is 3. The van der Waals surface area contributed by atoms with E-state index in [0.717, 1.165) is 0 Å². The van der Waals surface area contributed by atoms with E-state index < -0.39 is 12.0 Å². The summed E-state index contributed by atoms with van der Waals surface area (Å²) in [6, 6.07) is 3.20. The standard InChI is InChI=1S/C12H15F3N6/c1-3-16-9-6-10(19-11(18-9)12(13,14)15)17-7-8-4-5-21(2)20-8/h4-6H,3,7H2,1-2H3,(H2,16,17,18,19). The Hall–Kier alpha value is -2.32. The van der Waals surface area contributed by atoms with Crippen molar-refractivity contribution in [2.24, 2.45) is 7.05 Å². The minimum Gasteiger partial charge on any atom is -0.370 e. The molecule has 0 spiro atoms. The summed E-state index contributed by atoms with van der Waals surface area (Å²) in [5.74, 6) is -0.952. The van der Waals surface area contributed by atoms with Gasteiger partial charge in [-0.25, -0.2) is 9.97 Å². The number of anilines is 2. The zero-order valence-corrected chi connectivity index (χ0v) is 11.6. The molecule has 0 aliphatic carbocycles. The van der Waals surface area contributed by atoms with Gasteiger partial charge in [0.05, 0.1) is 12.2 Å². The molecule has 0 saturated heterocycles. The number of aromatic nitrogens is 4. The quantitative estimate of drug-likeness (QED) is 0.886. The highest BCUT2D eigenvalue weighted by Gasteiger charge is 2.35. The summed E-state index contributed by atoms with van der Waals surface area (Å²) in [4.78, 5) is 6.93. The van der Waals surface area contributed by atoms with Crippen LogP contribution in [0.4, 0.5) is 24.8 Å². The molecule has 2 N–H and O–H groups in total. The first-order chi connectivity index (χ1) is 9.88. The molecular weight excluding hydrogens is 285 g/mol. The molecule has 6 nitrogen and oxygen atoms in total. The van der Waals surface area contributed by atoms with Gasteiger partial charge in [0.2, 0.25) is 5.82 Å². The first-order valence-electron chi connectivity index (χ1n) is 6.31. The van der Waals surface area contributed by atoms with Crippen molar-refractivity contribution in [3.63, 3.8) is 0 Å². The molecule has 2 aromatic heterocycles. The van der Waals surface area contributed by atoms with Crippen LogP contribution in [0.1, 0.15) is 18.4 Å². The van der Waals surface area contributed by atoms with E-state index in [9.17, 15) is 13.2 Å². The Kier molecular flexibility index (Phi) is 4.29. The lowest BCUT2D eigenvalue weighted by Gasteiger charge is -2.11. The van der Waals surface area contributed by atoms with Gasteiger partial charge >= 0.3 is 6.18 Å². The van der Waals surface area contributed by atoms with Gasteiger partial charge in [-0.1, -0.05) is 0 Å². The summed E-state index contributed by atoms with van der Waals surface area (Å²) in [5, 5.41) is 9.70. The first kappa shape index (κ1) is 15.1. The van der Waals surface area contributed by atoms with Crippen LogP contribution in [0.5, 0.6) is 0 Å². The summed E-state index contributed by atoms with van der Waals surface area (Å²) in [6.45, 7) is 2.52. The van der Waals surface area contributed by atoms with E-state index in [1.54, 1.807) is 30.9 Å². The normalized spacial score (nSPS) is 11.5. The van der Waals surface area contributed by atoms with Crippen molar-refractivity contribution in [1.29, 1.82) is 0 Å². The van der Waals surface area contributed by atoms with E-state index in [2.05, 4.69) is 25.7 Å². The molecule has 0 fully saturated rings. The molecule has 2 heterocycles. The van der Waals surface area contributed by atoms with Gasteiger partial charge in [0, 0.05) is 25.9 Å². The average molecular weight is 300 g/mol. The molecular formula is C12H15F3N6. The van der Waals surface area contributed by atoms with Crippen molar-refractivity contribution in [3.8, 4) is 0 Å². The maximum Gasteiger partial charge on any atom is 0.451 e. The van der Waals surface area contributed by atoms with Crippen LogP contribution in [0.3, 0.4) is 0 Å². The van der Waals surface area contributed by atoms with E-state index in [-0.39, 0.29) is 18.2 Å². The lowest BCUT2D eigenvalue weighted by Crippen LogP contribution is -2.15. The fourth-order valence-corrected chi connectivity index (χ4v) is 1.67. The molecule has 2 aromatic rings. The molecule has 0 atom stereocenters. The number of nitrogens with zero attached hydrogens (tertiary/aromatic N) is 4. The first-order valence-corrected chi connectivity index (χ1v) is 6.31. The summed E-state index contributed by atoms with van der Waals surface area (Å²) in [6.07, 6.45) is -2.84. The molecule has 0 aliphatic heterocycles. The molecule has 9 heteroatoms. The Morgan fingerprint density at radius 1 is 1.19 bits per heavy atom. The van der Waals surface area contributed by atoms with Crippen molar-refractivity contribution in [3.05, 3.63) is 29.8 Å². The molecule has 0 aromatic carbocycles. The fourth-order valence-electron chi connectivity index (χ4n) is 1.67. The van der Waals surface area contributed by atoms with Crippen molar-refractivity contribution in [1.82, 2.24) is 19.7 Å². The number of hydrogen-bond acceptors (Lipinski definition) is 5. The molecule has 0 saturated carbocycles. The third kappa shape index (κ3) is 4.07. The number of aryl methyl sites for hydroxylation is 1. The molecule has 0 radical (unpaired) electrons. The van der Waals surface area contributed by atoms with Crippen molar-refractivity contribution < 1.29 is 13.2 Å². The van der Waals surface area contributed by atoms with E-state index in [1.165, 1.54) is 6.07 Å². The van der Waals surface area contributed by atoms with Crippen LogP contribution in [0.15, 0.2) is 18.3 Å². The zero-order chi connectivity index (χ0) is 15.5. The van der Waals surface area contributed by atoms with E-state index in [0.29, 0.717) is 12.2 Å². The summed E-state index contributed by atoms with van der Waals surface area (Å²) in [7, 11) is 1.76. The van der Waals surface area contributed by atoms with E-state index >= 15 is 0 Å². The third-order valence-corrected chi connectivity index (χ3v) is 2.56. The Morgan fingerprint density at radius 2 is 1.86 bits per heavy atom. The number of rotatable bonds is 5. The molecule has 0 amide bonds. The molecule has 21 heavy (non-hydrogen) atoms. The van der Waals surface area contributed by atoms with Crippen LogP contribution >= 0.6 is 0 Å².